The van der Waals surface area contributed by atoms with E-state index in [9.17, 15) is 0 Å². The minimum absolute atomic E-state index is 0.00606. The third-order valence-corrected chi connectivity index (χ3v) is 7.67. The molecule has 2 aromatic rings. The summed E-state index contributed by atoms with van der Waals surface area (Å²) < 4.78 is 12.7. The first-order chi connectivity index (χ1) is 9.49. The van der Waals surface area contributed by atoms with Crippen LogP contribution in [0.4, 0.5) is 0 Å². The Morgan fingerprint density at radius 3 is 2.40 bits per heavy atom. The minimum Gasteiger partial charge on any atom is -0.495 e. The van der Waals surface area contributed by atoms with E-state index in [1.165, 1.54) is 0 Å². The average Bonchev–Trinajstić information content (AvgIpc) is 2.77. The van der Waals surface area contributed by atoms with Crippen molar-refractivity contribution in [2.24, 2.45) is 0 Å². The molecule has 20 heavy (non-hydrogen) atoms. The Morgan fingerprint density at radius 1 is 1.20 bits per heavy atom. The predicted molar refractivity (Wildman–Crippen MR) is 95.0 cm³/mol. The first-order valence-electron chi connectivity index (χ1n) is 5.48. The molecule has 0 amide bonds. The Balaban J connectivity index is 2.49. The summed E-state index contributed by atoms with van der Waals surface area (Å²) in [6, 6.07) is 5.85. The summed E-state index contributed by atoms with van der Waals surface area (Å²) in [7, 11) is 3.18. The molecule has 0 fully saturated rings. The van der Waals surface area contributed by atoms with Crippen molar-refractivity contribution in [1.82, 2.24) is 0 Å². The fourth-order valence-corrected chi connectivity index (χ4v) is 4.95. The van der Waals surface area contributed by atoms with Gasteiger partial charge < -0.3 is 9.47 Å². The van der Waals surface area contributed by atoms with Crippen molar-refractivity contribution in [1.29, 1.82) is 0 Å². The Hall–Kier alpha value is 0.250. The Bertz CT molecular complexity index is 611. The van der Waals surface area contributed by atoms with Crippen LogP contribution in [0, 0.1) is 0 Å². The van der Waals surface area contributed by atoms with Crippen molar-refractivity contribution < 1.29 is 9.47 Å². The van der Waals surface area contributed by atoms with Crippen LogP contribution in [0.15, 0.2) is 26.5 Å². The van der Waals surface area contributed by atoms with Crippen LogP contribution >= 0.6 is 70.7 Å². The zero-order chi connectivity index (χ0) is 14.9. The number of hydrogen-bond acceptors (Lipinski definition) is 3. The molecule has 2 nitrogen and oxygen atoms in total. The van der Waals surface area contributed by atoms with Crippen molar-refractivity contribution in [2.75, 3.05) is 14.2 Å². The summed E-state index contributed by atoms with van der Waals surface area (Å²) >= 11 is 18.6. The third kappa shape index (κ3) is 3.19. The second-order valence-electron chi connectivity index (χ2n) is 3.84. The van der Waals surface area contributed by atoms with Gasteiger partial charge in [-0.3, -0.25) is 0 Å². The lowest BCUT2D eigenvalue weighted by Gasteiger charge is -2.16. The molecular weight excluding hydrogens is 495 g/mol. The smallest absolute Gasteiger partial charge is 0.145 e. The van der Waals surface area contributed by atoms with E-state index in [1.54, 1.807) is 25.6 Å². The number of thiophene rings is 1. The molecule has 0 aliphatic carbocycles. The van der Waals surface area contributed by atoms with E-state index in [-0.39, 0.29) is 4.83 Å². The second-order valence-corrected chi connectivity index (χ2v) is 8.39. The molecule has 0 saturated heterocycles. The summed E-state index contributed by atoms with van der Waals surface area (Å²) in [5.41, 5.74) is 0.958. The van der Waals surface area contributed by atoms with Crippen LogP contribution in [0.2, 0.25) is 5.02 Å². The van der Waals surface area contributed by atoms with Gasteiger partial charge in [-0.15, -0.1) is 11.3 Å². The number of hydrogen-bond donors (Lipinski definition) is 0. The van der Waals surface area contributed by atoms with Crippen LogP contribution in [0.25, 0.3) is 0 Å². The zero-order valence-electron chi connectivity index (χ0n) is 10.5. The molecule has 0 aliphatic rings. The molecule has 0 radical (unpaired) electrons. The SMILES string of the molecule is COc1ccc(C(Br)c2cc(Br)c(Br)s2)c(OC)c1Cl. The standard InChI is InChI=1S/C13H10Br3ClO2S/c1-18-8-4-3-6(12(19-2)11(8)17)10(15)9-5-7(14)13(16)20-9/h3-5,10H,1-2H3. The largest absolute Gasteiger partial charge is 0.495 e. The Kier molecular flexibility index (Phi) is 5.82. The molecule has 0 aliphatic heterocycles. The number of ether oxygens (including phenoxy) is 2. The van der Waals surface area contributed by atoms with Crippen LogP contribution in [-0.4, -0.2) is 14.2 Å². The number of alkyl halides is 1. The lowest BCUT2D eigenvalue weighted by molar-refractivity contribution is 0.392. The van der Waals surface area contributed by atoms with E-state index < -0.39 is 0 Å². The van der Waals surface area contributed by atoms with E-state index in [0.717, 1.165) is 18.7 Å². The highest BCUT2D eigenvalue weighted by molar-refractivity contribution is 9.13. The highest BCUT2D eigenvalue weighted by atomic mass is 79.9. The molecule has 108 valence electrons. The van der Waals surface area contributed by atoms with E-state index in [2.05, 4.69) is 53.9 Å². The van der Waals surface area contributed by atoms with Crippen LogP contribution in [-0.2, 0) is 0 Å². The Labute approximate surface area is 151 Å². The van der Waals surface area contributed by atoms with Crippen molar-refractivity contribution >= 4 is 70.7 Å². The molecule has 0 saturated carbocycles. The molecule has 1 unspecified atom stereocenters. The van der Waals surface area contributed by atoms with Gasteiger partial charge in [-0.25, -0.2) is 0 Å². The summed E-state index contributed by atoms with van der Waals surface area (Å²) in [6.07, 6.45) is 0. The molecule has 1 aromatic carbocycles. The van der Waals surface area contributed by atoms with Crippen LogP contribution in [0.5, 0.6) is 11.5 Å². The van der Waals surface area contributed by atoms with E-state index in [4.69, 9.17) is 21.1 Å². The molecular formula is C13H10Br3ClO2S. The number of halogens is 4. The quantitative estimate of drug-likeness (QED) is 0.446. The number of benzene rings is 1. The summed E-state index contributed by atoms with van der Waals surface area (Å²) in [6.45, 7) is 0. The fraction of sp³-hybridized carbons (Fsp3) is 0.231. The lowest BCUT2D eigenvalue weighted by Crippen LogP contribution is -1.98. The summed E-state index contributed by atoms with van der Waals surface area (Å²) in [5, 5.41) is 0.478. The molecule has 1 heterocycles. The van der Waals surface area contributed by atoms with Crippen molar-refractivity contribution in [3.63, 3.8) is 0 Å². The molecule has 0 bridgehead atoms. The fourth-order valence-electron chi connectivity index (χ4n) is 1.76. The van der Waals surface area contributed by atoms with Crippen molar-refractivity contribution in [2.45, 2.75) is 4.83 Å². The third-order valence-electron chi connectivity index (χ3n) is 2.70. The number of rotatable bonds is 4. The van der Waals surface area contributed by atoms with Crippen LogP contribution in [0.3, 0.4) is 0 Å². The zero-order valence-corrected chi connectivity index (χ0v) is 16.9. The average molecular weight is 505 g/mol. The summed E-state index contributed by atoms with van der Waals surface area (Å²) in [5.74, 6) is 1.22. The highest BCUT2D eigenvalue weighted by Gasteiger charge is 2.22. The van der Waals surface area contributed by atoms with Gasteiger partial charge >= 0.3 is 0 Å². The second kappa shape index (κ2) is 7.01. The van der Waals surface area contributed by atoms with E-state index in [1.807, 2.05) is 12.1 Å². The topological polar surface area (TPSA) is 18.5 Å². The summed E-state index contributed by atoms with van der Waals surface area (Å²) in [4.78, 5) is 1.14. The van der Waals surface area contributed by atoms with Gasteiger partial charge in [-0.2, -0.15) is 0 Å². The van der Waals surface area contributed by atoms with Crippen LogP contribution < -0.4 is 9.47 Å². The highest BCUT2D eigenvalue weighted by Crippen LogP contribution is 2.47. The van der Waals surface area contributed by atoms with Gasteiger partial charge in [-0.1, -0.05) is 33.6 Å². The van der Waals surface area contributed by atoms with Crippen molar-refractivity contribution in [3.8, 4) is 11.5 Å². The van der Waals surface area contributed by atoms with Gasteiger partial charge in [0.05, 0.1) is 22.8 Å². The monoisotopic (exact) mass is 502 g/mol. The van der Waals surface area contributed by atoms with Gasteiger partial charge in [-0.05, 0) is 44.0 Å². The van der Waals surface area contributed by atoms with Gasteiger partial charge in [0.1, 0.15) is 16.5 Å². The number of methoxy groups -OCH3 is 2. The first kappa shape index (κ1) is 16.6. The van der Waals surface area contributed by atoms with E-state index in [0.29, 0.717) is 16.5 Å². The van der Waals surface area contributed by atoms with Gasteiger partial charge in [0, 0.05) is 14.9 Å². The molecule has 0 N–H and O–H groups in total. The van der Waals surface area contributed by atoms with Gasteiger partial charge in [0.15, 0.2) is 0 Å². The van der Waals surface area contributed by atoms with Gasteiger partial charge in [0.25, 0.3) is 0 Å². The minimum atomic E-state index is -0.00606. The van der Waals surface area contributed by atoms with E-state index >= 15 is 0 Å². The van der Waals surface area contributed by atoms with Gasteiger partial charge in [0.2, 0.25) is 0 Å². The molecule has 0 spiro atoms. The first-order valence-corrected chi connectivity index (χ1v) is 9.18. The molecule has 1 atom stereocenters. The molecule has 2 rings (SSSR count). The molecule has 1 aromatic heterocycles. The predicted octanol–water partition coefficient (Wildman–Crippen LogP) is 6.43. The maximum atomic E-state index is 6.30. The Morgan fingerprint density at radius 2 is 1.90 bits per heavy atom. The maximum absolute atomic E-state index is 6.30. The van der Waals surface area contributed by atoms with Crippen molar-refractivity contribution in [3.05, 3.63) is 41.9 Å². The van der Waals surface area contributed by atoms with Crippen LogP contribution in [0.1, 0.15) is 15.3 Å². The molecule has 7 heteroatoms. The normalized spacial score (nSPS) is 12.3. The maximum Gasteiger partial charge on any atom is 0.145 e. The lowest BCUT2D eigenvalue weighted by atomic mass is 10.1.